The van der Waals surface area contributed by atoms with E-state index in [1.807, 2.05) is 0 Å². The molecule has 1 unspecified atom stereocenters. The molecular formula is C14H13NO6. The Morgan fingerprint density at radius 3 is 2.67 bits per heavy atom. The number of nitro groups is 1. The number of ether oxygens (including phenoxy) is 1. The Morgan fingerprint density at radius 1 is 1.38 bits per heavy atom. The van der Waals surface area contributed by atoms with Crippen molar-refractivity contribution < 1.29 is 24.0 Å². The number of nitrogens with zero attached hydrogens (tertiary/aromatic N) is 1. The van der Waals surface area contributed by atoms with E-state index in [1.165, 1.54) is 24.3 Å². The second kappa shape index (κ2) is 5.66. The molecule has 0 aliphatic carbocycles. The molecule has 0 amide bonds. The number of hydrogen-bond donors (Lipinski definition) is 1. The van der Waals surface area contributed by atoms with Gasteiger partial charge < -0.3 is 14.3 Å². The van der Waals surface area contributed by atoms with Crippen molar-refractivity contribution in [1.82, 2.24) is 0 Å². The molecule has 0 aliphatic rings. The van der Waals surface area contributed by atoms with Crippen LogP contribution in [0.25, 0.3) is 0 Å². The molecule has 0 saturated heterocycles. The van der Waals surface area contributed by atoms with Crippen LogP contribution in [-0.2, 0) is 0 Å². The lowest BCUT2D eigenvalue weighted by atomic mass is 10.2. The Balaban J connectivity index is 2.22. The minimum Gasteiger partial charge on any atom is -0.482 e. The van der Waals surface area contributed by atoms with E-state index in [4.69, 9.17) is 14.3 Å². The van der Waals surface area contributed by atoms with Crippen molar-refractivity contribution in [2.75, 3.05) is 0 Å². The summed E-state index contributed by atoms with van der Waals surface area (Å²) >= 11 is 0. The molecule has 1 aromatic heterocycles. The molecular weight excluding hydrogens is 278 g/mol. The van der Waals surface area contributed by atoms with Crippen LogP contribution in [0.1, 0.15) is 34.9 Å². The zero-order chi connectivity index (χ0) is 15.6. The van der Waals surface area contributed by atoms with Gasteiger partial charge >= 0.3 is 5.97 Å². The summed E-state index contributed by atoms with van der Waals surface area (Å²) in [7, 11) is 0. The van der Waals surface area contributed by atoms with Crippen LogP contribution in [0.2, 0.25) is 0 Å². The van der Waals surface area contributed by atoms with Crippen LogP contribution in [0, 0.1) is 17.0 Å². The Hall–Kier alpha value is -2.83. The number of carboxylic acid groups (broad SMARTS) is 1. The Bertz CT molecular complexity index is 691. The predicted octanol–water partition coefficient (Wildman–Crippen LogP) is 3.33. The lowest BCUT2D eigenvalue weighted by molar-refractivity contribution is -0.385. The van der Waals surface area contributed by atoms with Gasteiger partial charge in [0.05, 0.1) is 11.0 Å². The predicted molar refractivity (Wildman–Crippen MR) is 72.5 cm³/mol. The van der Waals surface area contributed by atoms with Gasteiger partial charge in [-0.15, -0.1) is 0 Å². The molecule has 1 aromatic carbocycles. The van der Waals surface area contributed by atoms with E-state index in [1.54, 1.807) is 19.9 Å². The normalized spacial score (nSPS) is 11.9. The van der Waals surface area contributed by atoms with E-state index in [0.717, 1.165) is 5.56 Å². The highest BCUT2D eigenvalue weighted by Gasteiger charge is 2.17. The third kappa shape index (κ3) is 3.19. The van der Waals surface area contributed by atoms with Crippen molar-refractivity contribution in [2.45, 2.75) is 20.0 Å². The molecule has 2 aromatic rings. The number of carboxylic acids is 1. The van der Waals surface area contributed by atoms with Crippen LogP contribution in [0.3, 0.4) is 0 Å². The molecule has 1 N–H and O–H groups in total. The summed E-state index contributed by atoms with van der Waals surface area (Å²) < 4.78 is 10.8. The second-order valence-corrected chi connectivity index (χ2v) is 4.47. The summed E-state index contributed by atoms with van der Waals surface area (Å²) in [6.07, 6.45) is -0.571. The zero-order valence-corrected chi connectivity index (χ0v) is 11.4. The first-order valence-corrected chi connectivity index (χ1v) is 6.13. The van der Waals surface area contributed by atoms with Gasteiger partial charge in [0.15, 0.2) is 6.10 Å². The van der Waals surface area contributed by atoms with E-state index < -0.39 is 17.0 Å². The third-order valence-corrected chi connectivity index (χ3v) is 2.92. The maximum Gasteiger partial charge on any atom is 0.371 e. The first-order valence-electron chi connectivity index (χ1n) is 6.13. The van der Waals surface area contributed by atoms with E-state index in [-0.39, 0.29) is 11.4 Å². The molecule has 0 saturated carbocycles. The van der Waals surface area contributed by atoms with E-state index >= 15 is 0 Å². The maximum absolute atomic E-state index is 10.8. The molecule has 0 spiro atoms. The summed E-state index contributed by atoms with van der Waals surface area (Å²) in [5.74, 6) is -0.667. The van der Waals surface area contributed by atoms with Gasteiger partial charge in [-0.2, -0.15) is 0 Å². The van der Waals surface area contributed by atoms with Gasteiger partial charge in [0.1, 0.15) is 11.5 Å². The number of benzene rings is 1. The molecule has 0 radical (unpaired) electrons. The van der Waals surface area contributed by atoms with Crippen molar-refractivity contribution in [1.29, 1.82) is 0 Å². The molecule has 7 nitrogen and oxygen atoms in total. The number of aryl methyl sites for hydroxylation is 1. The van der Waals surface area contributed by atoms with Gasteiger partial charge in [0.25, 0.3) is 5.69 Å². The van der Waals surface area contributed by atoms with E-state index in [9.17, 15) is 14.9 Å². The van der Waals surface area contributed by atoms with Gasteiger partial charge in [-0.25, -0.2) is 4.79 Å². The summed E-state index contributed by atoms with van der Waals surface area (Å²) in [5.41, 5.74) is 0.658. The van der Waals surface area contributed by atoms with Gasteiger partial charge in [-0.05, 0) is 37.6 Å². The Labute approximate surface area is 119 Å². The monoisotopic (exact) mass is 291 g/mol. The minimum absolute atomic E-state index is 0.0755. The van der Waals surface area contributed by atoms with Crippen LogP contribution < -0.4 is 4.74 Å². The molecule has 1 heterocycles. The number of carbonyl (C=O) groups is 1. The molecule has 21 heavy (non-hydrogen) atoms. The van der Waals surface area contributed by atoms with Crippen molar-refractivity contribution in [3.05, 3.63) is 57.5 Å². The van der Waals surface area contributed by atoms with E-state index in [2.05, 4.69) is 0 Å². The number of rotatable bonds is 5. The highest BCUT2D eigenvalue weighted by atomic mass is 16.6. The molecule has 7 heteroatoms. The summed E-state index contributed by atoms with van der Waals surface area (Å²) in [5, 5.41) is 19.6. The summed E-state index contributed by atoms with van der Waals surface area (Å²) in [6, 6.07) is 7.14. The zero-order valence-electron chi connectivity index (χ0n) is 11.4. The highest BCUT2D eigenvalue weighted by Crippen LogP contribution is 2.29. The van der Waals surface area contributed by atoms with Crippen molar-refractivity contribution in [2.24, 2.45) is 0 Å². The Morgan fingerprint density at radius 2 is 2.10 bits per heavy atom. The SMILES string of the molecule is Cc1ccc([N+](=O)[O-])cc1OC(C)c1ccc(C(=O)O)o1. The van der Waals surface area contributed by atoms with Gasteiger partial charge in [-0.3, -0.25) is 10.1 Å². The van der Waals surface area contributed by atoms with Gasteiger partial charge in [0.2, 0.25) is 5.76 Å². The summed E-state index contributed by atoms with van der Waals surface area (Å²) in [6.45, 7) is 3.43. The van der Waals surface area contributed by atoms with Gasteiger partial charge in [-0.1, -0.05) is 0 Å². The smallest absolute Gasteiger partial charge is 0.371 e. The fourth-order valence-corrected chi connectivity index (χ4v) is 1.76. The lowest BCUT2D eigenvalue weighted by Crippen LogP contribution is -2.04. The first-order chi connectivity index (χ1) is 9.88. The molecule has 2 rings (SSSR count). The lowest BCUT2D eigenvalue weighted by Gasteiger charge is -2.14. The number of non-ortho nitro benzene ring substituents is 1. The maximum atomic E-state index is 10.8. The number of aromatic carboxylic acids is 1. The summed E-state index contributed by atoms with van der Waals surface area (Å²) in [4.78, 5) is 21.0. The van der Waals surface area contributed by atoms with Crippen LogP contribution in [-0.4, -0.2) is 16.0 Å². The van der Waals surface area contributed by atoms with Gasteiger partial charge in [0, 0.05) is 6.07 Å². The van der Waals surface area contributed by atoms with Crippen molar-refractivity contribution in [3.63, 3.8) is 0 Å². The largest absolute Gasteiger partial charge is 0.482 e. The average Bonchev–Trinajstić information content (AvgIpc) is 2.90. The average molecular weight is 291 g/mol. The quantitative estimate of drug-likeness (QED) is 0.669. The van der Waals surface area contributed by atoms with Crippen molar-refractivity contribution >= 4 is 11.7 Å². The first kappa shape index (κ1) is 14.6. The van der Waals surface area contributed by atoms with Crippen LogP contribution in [0.5, 0.6) is 5.75 Å². The fraction of sp³-hybridized carbons (Fsp3) is 0.214. The fourth-order valence-electron chi connectivity index (χ4n) is 1.76. The Kier molecular flexibility index (Phi) is 3.93. The number of furan rings is 1. The second-order valence-electron chi connectivity index (χ2n) is 4.47. The molecule has 0 aliphatic heterocycles. The third-order valence-electron chi connectivity index (χ3n) is 2.92. The molecule has 0 bridgehead atoms. The van der Waals surface area contributed by atoms with Crippen LogP contribution in [0.15, 0.2) is 34.7 Å². The number of hydrogen-bond acceptors (Lipinski definition) is 5. The number of nitro benzene ring substituents is 1. The molecule has 110 valence electrons. The topological polar surface area (TPSA) is 103 Å². The van der Waals surface area contributed by atoms with Crippen LogP contribution >= 0.6 is 0 Å². The highest BCUT2D eigenvalue weighted by molar-refractivity contribution is 5.84. The molecule has 1 atom stereocenters. The van der Waals surface area contributed by atoms with Crippen LogP contribution in [0.4, 0.5) is 5.69 Å². The minimum atomic E-state index is -1.17. The molecule has 0 fully saturated rings. The van der Waals surface area contributed by atoms with Crippen molar-refractivity contribution in [3.8, 4) is 5.75 Å². The van der Waals surface area contributed by atoms with E-state index in [0.29, 0.717) is 11.5 Å². The standard InChI is InChI=1S/C14H13NO6/c1-8-3-4-10(15(18)19)7-13(8)20-9(2)11-5-6-12(21-11)14(16)17/h3-7,9H,1-2H3,(H,16,17).